The lowest BCUT2D eigenvalue weighted by Gasteiger charge is -2.34. The third kappa shape index (κ3) is 13.1. The van der Waals surface area contributed by atoms with Crippen molar-refractivity contribution in [2.24, 2.45) is 0 Å². The number of hydrogen-bond donors (Lipinski definition) is 0. The van der Waals surface area contributed by atoms with Crippen LogP contribution in [0.2, 0.25) is 0 Å². The van der Waals surface area contributed by atoms with E-state index in [1.807, 2.05) is 41.5 Å². The maximum absolute atomic E-state index is 12.9. The zero-order valence-corrected chi connectivity index (χ0v) is 22.1. The quantitative estimate of drug-likeness (QED) is 0.552. The summed E-state index contributed by atoms with van der Waals surface area (Å²) in [5, 5.41) is 0.530. The van der Waals surface area contributed by atoms with E-state index in [0.717, 1.165) is 5.56 Å². The summed E-state index contributed by atoms with van der Waals surface area (Å²) in [5.74, 6) is -0.232. The Kier molecular flexibility index (Phi) is 19.1. The number of Topliss-reactive ketones (excluding diaryl/α,β-unsaturated/α-hetero) is 1. The molecule has 1 aliphatic carbocycles. The number of piperazine rings is 1. The molecule has 0 spiro atoms. The molecule has 0 N–H and O–H groups in total. The van der Waals surface area contributed by atoms with Crippen molar-refractivity contribution in [1.82, 2.24) is 9.80 Å². The van der Waals surface area contributed by atoms with Crippen LogP contribution in [-0.4, -0.2) is 48.8 Å². The molecule has 30 heavy (non-hydrogen) atoms. The molecule has 0 amide bonds. The number of benzene rings is 1. The minimum atomic E-state index is -0.279. The van der Waals surface area contributed by atoms with E-state index in [9.17, 15) is 9.18 Å². The van der Waals surface area contributed by atoms with Gasteiger partial charge in [-0.1, -0.05) is 59.2 Å². The van der Waals surface area contributed by atoms with Gasteiger partial charge in [0.15, 0.2) is 0 Å². The first-order valence-electron chi connectivity index (χ1n) is 11.5. The van der Waals surface area contributed by atoms with Gasteiger partial charge >= 0.3 is 0 Å². The third-order valence-corrected chi connectivity index (χ3v) is 4.98. The number of halogens is 1. The molecule has 2 fully saturated rings. The van der Waals surface area contributed by atoms with Crippen molar-refractivity contribution in [3.05, 3.63) is 40.8 Å². The smallest absolute Gasteiger partial charge is 0.134 e. The Bertz CT molecular complexity index is 618. The molecule has 0 bridgehead atoms. The van der Waals surface area contributed by atoms with Crippen molar-refractivity contribution in [3.63, 3.8) is 0 Å². The molecule has 3 rings (SSSR count). The van der Waals surface area contributed by atoms with Gasteiger partial charge in [-0.3, -0.25) is 4.79 Å². The van der Waals surface area contributed by atoms with E-state index < -0.39 is 0 Å². The lowest BCUT2D eigenvalue weighted by atomic mass is 10.1. The molecule has 1 heterocycles. The second-order valence-corrected chi connectivity index (χ2v) is 7.34. The molecule has 1 aromatic carbocycles. The fraction of sp³-hybridized carbons (Fsp3) is 0.640. The molecule has 3 nitrogen and oxygen atoms in total. The van der Waals surface area contributed by atoms with Crippen LogP contribution < -0.4 is 5.30 Å². The summed E-state index contributed by atoms with van der Waals surface area (Å²) in [7, 11) is 4.50. The van der Waals surface area contributed by atoms with Crippen LogP contribution in [0.5, 0.6) is 0 Å². The molecule has 0 radical (unpaired) electrons. The zero-order valence-electron chi connectivity index (χ0n) is 20.9. The molecule has 5 heteroatoms. The van der Waals surface area contributed by atoms with E-state index >= 15 is 0 Å². The number of rotatable bonds is 3. The highest BCUT2D eigenvalue weighted by molar-refractivity contribution is 7.27. The van der Waals surface area contributed by atoms with Crippen LogP contribution in [0, 0.1) is 5.82 Å². The van der Waals surface area contributed by atoms with Gasteiger partial charge in [-0.15, -0.1) is 9.24 Å². The minimum absolute atomic E-state index is 0.0471. The van der Waals surface area contributed by atoms with E-state index in [-0.39, 0.29) is 11.6 Å². The van der Waals surface area contributed by atoms with Crippen molar-refractivity contribution >= 4 is 20.3 Å². The number of carbonyl (C=O) groups is 1. The maximum atomic E-state index is 12.9. The molecule has 1 aromatic rings. The summed E-state index contributed by atoms with van der Waals surface area (Å²) < 4.78 is 12.9. The summed E-state index contributed by atoms with van der Waals surface area (Å²) in [4.78, 5) is 15.6. The Labute approximate surface area is 188 Å². The van der Waals surface area contributed by atoms with Crippen LogP contribution in [0.3, 0.4) is 0 Å². The van der Waals surface area contributed by atoms with Gasteiger partial charge in [-0.05, 0) is 45.4 Å². The van der Waals surface area contributed by atoms with E-state index in [4.69, 9.17) is 0 Å². The molecule has 1 saturated heterocycles. The summed E-state index contributed by atoms with van der Waals surface area (Å²) >= 11 is 0. The van der Waals surface area contributed by atoms with Gasteiger partial charge in [0.25, 0.3) is 0 Å². The second kappa shape index (κ2) is 18.5. The standard InChI is InChI=1S/C10H18N2.C9H10FOP.3C2H6/c1-9(10-3-4-10)12-7-5-11(2)6-8-12;1-6(11)4-7-2-3-9(12)8(10)5-7;3*1-2/h3-8H2,1-2H3;2-3,5H,4,12H2,1H3;3*1-2H3. The number of likely N-dealkylation sites (N-methyl/N-ethyl adjacent to an activating group) is 1. The summed E-state index contributed by atoms with van der Waals surface area (Å²) in [5.41, 5.74) is 3.99. The van der Waals surface area contributed by atoms with Crippen molar-refractivity contribution < 1.29 is 9.18 Å². The summed E-state index contributed by atoms with van der Waals surface area (Å²) in [6, 6.07) is 4.80. The van der Waals surface area contributed by atoms with Crippen LogP contribution in [0.4, 0.5) is 4.39 Å². The highest BCUT2D eigenvalue weighted by Gasteiger charge is 2.21. The first kappa shape index (κ1) is 30.9. The highest BCUT2D eigenvalue weighted by atomic mass is 31.0. The van der Waals surface area contributed by atoms with Crippen LogP contribution in [-0.2, 0) is 11.2 Å². The largest absolute Gasteiger partial charge is 0.373 e. The van der Waals surface area contributed by atoms with Crippen LogP contribution in [0.15, 0.2) is 29.5 Å². The molecular weight excluding hydrogens is 394 g/mol. The topological polar surface area (TPSA) is 23.6 Å². The lowest BCUT2D eigenvalue weighted by Crippen LogP contribution is -2.43. The number of allylic oxidation sites excluding steroid dienone is 2. The van der Waals surface area contributed by atoms with Crippen LogP contribution in [0.25, 0.3) is 0 Å². The Hall–Kier alpha value is -1.25. The fourth-order valence-corrected chi connectivity index (χ4v) is 2.94. The Morgan fingerprint density at radius 2 is 1.47 bits per heavy atom. The predicted molar refractivity (Wildman–Crippen MR) is 135 cm³/mol. The fourth-order valence-electron chi connectivity index (χ4n) is 2.76. The summed E-state index contributed by atoms with van der Waals surface area (Å²) in [6.07, 6.45) is 3.03. The van der Waals surface area contributed by atoms with Crippen molar-refractivity contribution in [2.45, 2.75) is 74.7 Å². The van der Waals surface area contributed by atoms with E-state index in [1.54, 1.807) is 23.4 Å². The van der Waals surface area contributed by atoms with Crippen molar-refractivity contribution in [2.75, 3.05) is 33.2 Å². The molecule has 174 valence electrons. The molecule has 1 unspecified atom stereocenters. The van der Waals surface area contributed by atoms with Crippen LogP contribution >= 0.6 is 9.24 Å². The van der Waals surface area contributed by atoms with Gasteiger partial charge in [-0.25, -0.2) is 4.39 Å². The number of hydrogen-bond acceptors (Lipinski definition) is 3. The molecule has 1 saturated carbocycles. The summed E-state index contributed by atoms with van der Waals surface area (Å²) in [6.45, 7) is 20.7. The number of carbonyl (C=O) groups excluding carboxylic acids is 1. The number of ketones is 1. The first-order valence-corrected chi connectivity index (χ1v) is 12.1. The second-order valence-electron chi connectivity index (χ2n) is 6.71. The van der Waals surface area contributed by atoms with Gasteiger partial charge in [0, 0.05) is 43.6 Å². The average Bonchev–Trinajstić information content (AvgIpc) is 3.61. The number of nitrogens with zero attached hydrogens (tertiary/aromatic N) is 2. The minimum Gasteiger partial charge on any atom is -0.373 e. The van der Waals surface area contributed by atoms with E-state index in [2.05, 4.69) is 33.0 Å². The SMILES string of the molecule is CC.CC.CC.CC(=C1CC1)N1CCN(C)CC1.CC(=O)Cc1ccc(P)c(F)c1. The molecule has 1 atom stereocenters. The van der Waals surface area contributed by atoms with Gasteiger partial charge in [0.2, 0.25) is 0 Å². The maximum Gasteiger partial charge on any atom is 0.134 e. The normalized spacial score (nSPS) is 14.4. The Balaban J connectivity index is 0. The molecule has 1 aliphatic heterocycles. The molecule has 0 aromatic heterocycles. The van der Waals surface area contributed by atoms with Crippen LogP contribution in [0.1, 0.15) is 73.8 Å². The average molecular weight is 441 g/mol. The van der Waals surface area contributed by atoms with Gasteiger partial charge in [0.05, 0.1) is 0 Å². The van der Waals surface area contributed by atoms with Gasteiger partial charge < -0.3 is 9.80 Å². The predicted octanol–water partition coefficient (Wildman–Crippen LogP) is 5.84. The first-order chi connectivity index (χ1) is 14.4. The zero-order chi connectivity index (χ0) is 23.7. The lowest BCUT2D eigenvalue weighted by molar-refractivity contribution is -0.116. The monoisotopic (exact) mass is 440 g/mol. The Morgan fingerprint density at radius 3 is 1.87 bits per heavy atom. The third-order valence-electron chi connectivity index (χ3n) is 4.51. The Morgan fingerprint density at radius 1 is 0.967 bits per heavy atom. The van der Waals surface area contributed by atoms with Gasteiger partial charge in [-0.2, -0.15) is 0 Å². The van der Waals surface area contributed by atoms with Crippen molar-refractivity contribution in [3.8, 4) is 0 Å². The molecule has 2 aliphatic rings. The van der Waals surface area contributed by atoms with E-state index in [1.165, 1.54) is 52.0 Å². The van der Waals surface area contributed by atoms with Crippen molar-refractivity contribution in [1.29, 1.82) is 0 Å². The highest BCUT2D eigenvalue weighted by Crippen LogP contribution is 2.32. The van der Waals surface area contributed by atoms with Gasteiger partial charge in [0.1, 0.15) is 11.6 Å². The van der Waals surface area contributed by atoms with E-state index in [0.29, 0.717) is 11.7 Å². The molecular formula is C25H46FN2OP.